The number of rotatable bonds is 17. The fourth-order valence-electron chi connectivity index (χ4n) is 6.25. The third-order valence-corrected chi connectivity index (χ3v) is 8.85. The molecule has 264 valence electrons. The van der Waals surface area contributed by atoms with Gasteiger partial charge in [-0.1, -0.05) is 52.3 Å². The predicted molar refractivity (Wildman–Crippen MR) is 203 cm³/mol. The van der Waals surface area contributed by atoms with Crippen LogP contribution in [0.25, 0.3) is 17.2 Å². The number of benzene rings is 3. The normalized spacial score (nSPS) is 13.0. The largest absolute Gasteiger partial charge is 0.491 e. The van der Waals surface area contributed by atoms with E-state index in [4.69, 9.17) is 9.47 Å². The molecule has 2 heterocycles. The highest BCUT2D eigenvalue weighted by Gasteiger charge is 2.20. The topological polar surface area (TPSA) is 85.7 Å². The van der Waals surface area contributed by atoms with Crippen molar-refractivity contribution in [2.75, 3.05) is 43.1 Å². The van der Waals surface area contributed by atoms with Crippen molar-refractivity contribution < 1.29 is 19.1 Å². The van der Waals surface area contributed by atoms with E-state index in [9.17, 15) is 9.59 Å². The molecule has 0 fully saturated rings. The lowest BCUT2D eigenvalue weighted by Gasteiger charge is -2.30. The Kier molecular flexibility index (Phi) is 13.4. The summed E-state index contributed by atoms with van der Waals surface area (Å²) in [5.41, 5.74) is 7.25. The summed E-state index contributed by atoms with van der Waals surface area (Å²) >= 11 is 0. The zero-order valence-corrected chi connectivity index (χ0v) is 30.1. The van der Waals surface area contributed by atoms with E-state index in [0.29, 0.717) is 43.2 Å². The summed E-state index contributed by atoms with van der Waals surface area (Å²) in [6.07, 6.45) is 10.6. The average Bonchev–Trinajstić information content (AvgIpc) is 3.54. The van der Waals surface area contributed by atoms with Crippen LogP contribution in [0, 0.1) is 5.92 Å². The van der Waals surface area contributed by atoms with Gasteiger partial charge in [0.25, 0.3) is 5.91 Å². The van der Waals surface area contributed by atoms with Crippen LogP contribution in [0.5, 0.6) is 5.75 Å². The van der Waals surface area contributed by atoms with Crippen molar-refractivity contribution in [2.24, 2.45) is 5.92 Å². The number of amides is 1. The first-order valence-electron chi connectivity index (χ1n) is 18.2. The summed E-state index contributed by atoms with van der Waals surface area (Å²) in [4.78, 5) is 33.4. The van der Waals surface area contributed by atoms with Gasteiger partial charge in [0.05, 0.1) is 19.4 Å². The second-order valence-corrected chi connectivity index (χ2v) is 13.4. The van der Waals surface area contributed by atoms with Crippen molar-refractivity contribution in [1.82, 2.24) is 9.55 Å². The lowest BCUT2D eigenvalue weighted by molar-refractivity contribution is -0.112. The number of carbonyl (C=O) groups excluding carboxylic acids is 2. The monoisotopic (exact) mass is 676 g/mol. The Morgan fingerprint density at radius 3 is 2.44 bits per heavy atom. The minimum absolute atomic E-state index is 0.0244. The molecule has 0 bridgehead atoms. The Balaban J connectivity index is 1.30. The summed E-state index contributed by atoms with van der Waals surface area (Å²) in [6, 6.07) is 21.9. The average molecular weight is 677 g/mol. The Hall–Kier alpha value is -4.69. The van der Waals surface area contributed by atoms with Crippen molar-refractivity contribution >= 4 is 29.1 Å². The van der Waals surface area contributed by atoms with E-state index in [0.717, 1.165) is 91.3 Å². The van der Waals surface area contributed by atoms with Gasteiger partial charge >= 0.3 is 0 Å². The van der Waals surface area contributed by atoms with E-state index in [-0.39, 0.29) is 11.7 Å². The van der Waals surface area contributed by atoms with Gasteiger partial charge in [0, 0.05) is 60.6 Å². The van der Waals surface area contributed by atoms with Crippen LogP contribution < -0.4 is 15.0 Å². The smallest absolute Gasteiger partial charge is 0.251 e. The van der Waals surface area contributed by atoms with Gasteiger partial charge in [0.2, 0.25) is 0 Å². The molecular formula is C42H52N4O4. The maximum Gasteiger partial charge on any atom is 0.251 e. The van der Waals surface area contributed by atoms with Crippen molar-refractivity contribution in [3.05, 3.63) is 102 Å². The SMILES string of the molecule is CCCCOCCOc1ccc(-c2ccc3c(c2)C=C(C(=O)Nc2ccc(C(=O)Cc4cncn4CCC)cc2)CCCN3CC(C)C)cc1. The Bertz CT molecular complexity index is 1720. The van der Waals surface area contributed by atoms with Gasteiger partial charge in [-0.3, -0.25) is 9.59 Å². The van der Waals surface area contributed by atoms with Gasteiger partial charge in [-0.15, -0.1) is 0 Å². The van der Waals surface area contributed by atoms with Crippen LogP contribution in [0.1, 0.15) is 81.4 Å². The third-order valence-electron chi connectivity index (χ3n) is 8.85. The number of ether oxygens (including phenoxy) is 2. The summed E-state index contributed by atoms with van der Waals surface area (Å²) in [5, 5.41) is 3.09. The molecular weight excluding hydrogens is 624 g/mol. The van der Waals surface area contributed by atoms with E-state index in [1.165, 1.54) is 0 Å². The van der Waals surface area contributed by atoms with Crippen LogP contribution in [0.3, 0.4) is 0 Å². The molecule has 50 heavy (non-hydrogen) atoms. The first kappa shape index (κ1) is 36.6. The van der Waals surface area contributed by atoms with Crippen LogP contribution in [0.2, 0.25) is 0 Å². The molecule has 5 rings (SSSR count). The van der Waals surface area contributed by atoms with E-state index in [1.807, 2.05) is 22.8 Å². The molecule has 1 aliphatic heterocycles. The van der Waals surface area contributed by atoms with Crippen LogP contribution in [0.4, 0.5) is 11.4 Å². The van der Waals surface area contributed by atoms with Crippen LogP contribution in [-0.4, -0.2) is 54.2 Å². The number of aryl methyl sites for hydroxylation is 1. The molecule has 0 radical (unpaired) electrons. The van der Waals surface area contributed by atoms with Crippen molar-refractivity contribution in [1.29, 1.82) is 0 Å². The van der Waals surface area contributed by atoms with Gasteiger partial charge < -0.3 is 24.3 Å². The predicted octanol–water partition coefficient (Wildman–Crippen LogP) is 8.86. The van der Waals surface area contributed by atoms with Gasteiger partial charge in [0.1, 0.15) is 12.4 Å². The van der Waals surface area contributed by atoms with Gasteiger partial charge in [0.15, 0.2) is 5.78 Å². The Morgan fingerprint density at radius 2 is 1.70 bits per heavy atom. The minimum Gasteiger partial charge on any atom is -0.491 e. The molecule has 1 aliphatic rings. The molecule has 0 unspecified atom stereocenters. The molecule has 0 spiro atoms. The molecule has 8 nitrogen and oxygen atoms in total. The molecule has 8 heteroatoms. The number of hydrogen-bond donors (Lipinski definition) is 1. The molecule has 4 aromatic rings. The molecule has 1 N–H and O–H groups in total. The molecule has 3 aromatic carbocycles. The number of Topliss-reactive ketones (excluding diaryl/α,β-unsaturated/α-hetero) is 1. The Labute approximate surface area is 297 Å². The number of fused-ring (bicyclic) bond motifs is 1. The highest BCUT2D eigenvalue weighted by molar-refractivity contribution is 6.07. The fraction of sp³-hybridized carbons (Fsp3) is 0.405. The van der Waals surface area contributed by atoms with Gasteiger partial charge in [-0.05, 0) is 103 Å². The lowest BCUT2D eigenvalue weighted by Crippen LogP contribution is -2.30. The molecule has 1 amide bonds. The number of aromatic nitrogens is 2. The van der Waals surface area contributed by atoms with Crippen LogP contribution >= 0.6 is 0 Å². The molecule has 1 aromatic heterocycles. The highest BCUT2D eigenvalue weighted by Crippen LogP contribution is 2.33. The number of carbonyl (C=O) groups is 2. The second-order valence-electron chi connectivity index (χ2n) is 13.4. The van der Waals surface area contributed by atoms with E-state index < -0.39 is 0 Å². The maximum atomic E-state index is 13.7. The minimum atomic E-state index is -0.124. The first-order chi connectivity index (χ1) is 24.3. The van der Waals surface area contributed by atoms with Crippen molar-refractivity contribution in [2.45, 2.75) is 72.8 Å². The van der Waals surface area contributed by atoms with E-state index in [1.54, 1.807) is 36.8 Å². The summed E-state index contributed by atoms with van der Waals surface area (Å²) in [6.45, 7) is 13.3. The number of ketones is 1. The Morgan fingerprint density at radius 1 is 0.920 bits per heavy atom. The maximum absolute atomic E-state index is 13.7. The summed E-state index contributed by atoms with van der Waals surface area (Å²) < 4.78 is 13.5. The quantitative estimate of drug-likeness (QED) is 0.0889. The first-order valence-corrected chi connectivity index (χ1v) is 18.2. The van der Waals surface area contributed by atoms with Crippen LogP contribution in [0.15, 0.2) is 84.8 Å². The van der Waals surface area contributed by atoms with Crippen molar-refractivity contribution in [3.8, 4) is 16.9 Å². The highest BCUT2D eigenvalue weighted by atomic mass is 16.5. The number of unbranched alkanes of at least 4 members (excludes halogenated alkanes) is 1. The van der Waals surface area contributed by atoms with Crippen LogP contribution in [-0.2, 0) is 22.5 Å². The summed E-state index contributed by atoms with van der Waals surface area (Å²) in [5.74, 6) is 1.22. The number of imidazole rings is 1. The fourth-order valence-corrected chi connectivity index (χ4v) is 6.25. The number of hydrogen-bond acceptors (Lipinski definition) is 6. The molecule has 0 aliphatic carbocycles. The van der Waals surface area contributed by atoms with E-state index in [2.05, 4.69) is 73.2 Å². The van der Waals surface area contributed by atoms with Crippen molar-refractivity contribution in [3.63, 3.8) is 0 Å². The lowest BCUT2D eigenvalue weighted by atomic mass is 9.96. The molecule has 0 saturated carbocycles. The molecule has 0 atom stereocenters. The van der Waals surface area contributed by atoms with Gasteiger partial charge in [-0.25, -0.2) is 4.98 Å². The second kappa shape index (κ2) is 18.3. The zero-order valence-electron chi connectivity index (χ0n) is 30.1. The molecule has 0 saturated heterocycles. The number of nitrogens with zero attached hydrogens (tertiary/aromatic N) is 3. The van der Waals surface area contributed by atoms with E-state index >= 15 is 0 Å². The number of nitrogens with one attached hydrogen (secondary N) is 1. The summed E-state index contributed by atoms with van der Waals surface area (Å²) in [7, 11) is 0. The zero-order chi connectivity index (χ0) is 35.3. The number of anilines is 2. The third kappa shape index (κ3) is 10.2. The van der Waals surface area contributed by atoms with Gasteiger partial charge in [-0.2, -0.15) is 0 Å². The standard InChI is InChI=1S/C42H52N4O4/c1-5-7-22-49-23-24-50-39-17-12-32(13-18-39)34-14-19-40-36(25-34)26-35(9-8-21-45(40)29-31(3)4)42(48)44-37-15-10-33(11-16-37)41(47)27-38-28-43-30-46(38)20-6-2/h10-19,25-26,28,30-31H,5-9,20-24,27,29H2,1-4H3,(H,44,48).